The molecule has 0 saturated carbocycles. The maximum Gasteiger partial charge on any atom is 0.258 e. The summed E-state index contributed by atoms with van der Waals surface area (Å²) in [4.78, 5) is 24.0. The van der Waals surface area contributed by atoms with Gasteiger partial charge in [-0.05, 0) is 55.3 Å². The number of amides is 2. The van der Waals surface area contributed by atoms with Crippen molar-refractivity contribution in [1.29, 1.82) is 0 Å². The van der Waals surface area contributed by atoms with Crippen molar-refractivity contribution < 1.29 is 23.8 Å². The summed E-state index contributed by atoms with van der Waals surface area (Å²) < 4.78 is 16.0. The molecule has 1 aliphatic heterocycles. The van der Waals surface area contributed by atoms with E-state index < -0.39 is 0 Å². The third-order valence-corrected chi connectivity index (χ3v) is 4.74. The van der Waals surface area contributed by atoms with Gasteiger partial charge in [0.2, 0.25) is 6.79 Å². The summed E-state index contributed by atoms with van der Waals surface area (Å²) in [7, 11) is 0. The Bertz CT molecular complexity index is 877. The third-order valence-electron chi connectivity index (χ3n) is 4.15. The van der Waals surface area contributed by atoms with Gasteiger partial charge < -0.3 is 24.8 Å². The number of fused-ring (bicyclic) bond motifs is 1. The second-order valence-corrected chi connectivity index (χ2v) is 6.71. The van der Waals surface area contributed by atoms with Gasteiger partial charge in [-0.3, -0.25) is 9.59 Å². The Morgan fingerprint density at radius 3 is 2.46 bits per heavy atom. The molecular formula is C20H21ClN2O5. The number of carbonyl (C=O) groups excluding carboxylic acids is 2. The molecule has 0 atom stereocenters. The van der Waals surface area contributed by atoms with Crippen molar-refractivity contribution in [3.63, 3.8) is 0 Å². The predicted molar refractivity (Wildman–Crippen MR) is 104 cm³/mol. The summed E-state index contributed by atoms with van der Waals surface area (Å²) in [5.41, 5.74) is 2.25. The molecule has 8 heteroatoms. The van der Waals surface area contributed by atoms with Gasteiger partial charge in [-0.1, -0.05) is 11.6 Å². The molecule has 0 radical (unpaired) electrons. The average Bonchev–Trinajstić information content (AvgIpc) is 3.15. The van der Waals surface area contributed by atoms with Crippen LogP contribution in [0.3, 0.4) is 0 Å². The highest BCUT2D eigenvalue weighted by Crippen LogP contribution is 2.32. The van der Waals surface area contributed by atoms with Crippen molar-refractivity contribution in [2.24, 2.45) is 0 Å². The summed E-state index contributed by atoms with van der Waals surface area (Å²) in [6.45, 7) is 4.38. The Morgan fingerprint density at radius 1 is 1.04 bits per heavy atom. The van der Waals surface area contributed by atoms with Crippen LogP contribution in [0.15, 0.2) is 30.3 Å². The minimum atomic E-state index is -0.275. The van der Waals surface area contributed by atoms with Crippen molar-refractivity contribution in [1.82, 2.24) is 10.6 Å². The quantitative estimate of drug-likeness (QED) is 0.693. The zero-order valence-electron chi connectivity index (χ0n) is 15.6. The molecule has 0 bridgehead atoms. The number of aryl methyl sites for hydroxylation is 2. The highest BCUT2D eigenvalue weighted by atomic mass is 35.5. The van der Waals surface area contributed by atoms with Crippen LogP contribution in [0.4, 0.5) is 0 Å². The SMILES string of the molecule is Cc1cc(OCC(=O)NCCNC(=O)c2ccc3c(c2)OCO3)cc(C)c1Cl. The topological polar surface area (TPSA) is 85.9 Å². The van der Waals surface area contributed by atoms with Gasteiger partial charge in [-0.15, -0.1) is 0 Å². The van der Waals surface area contributed by atoms with Crippen molar-refractivity contribution in [2.75, 3.05) is 26.5 Å². The summed E-state index contributed by atoms with van der Waals surface area (Å²) in [6.07, 6.45) is 0. The van der Waals surface area contributed by atoms with E-state index in [1.807, 2.05) is 13.8 Å². The van der Waals surface area contributed by atoms with Crippen LogP contribution in [0.25, 0.3) is 0 Å². The molecule has 0 aromatic heterocycles. The Kier molecular flexibility index (Phi) is 6.26. The number of carbonyl (C=O) groups is 2. The zero-order chi connectivity index (χ0) is 20.1. The Morgan fingerprint density at radius 2 is 1.71 bits per heavy atom. The van der Waals surface area contributed by atoms with Crippen LogP contribution in [-0.2, 0) is 4.79 Å². The smallest absolute Gasteiger partial charge is 0.258 e. The lowest BCUT2D eigenvalue weighted by atomic mass is 10.1. The molecular weight excluding hydrogens is 384 g/mol. The highest BCUT2D eigenvalue weighted by molar-refractivity contribution is 6.32. The number of benzene rings is 2. The van der Waals surface area contributed by atoms with Gasteiger partial charge in [0.1, 0.15) is 5.75 Å². The molecule has 0 spiro atoms. The first-order chi connectivity index (χ1) is 13.4. The van der Waals surface area contributed by atoms with E-state index in [2.05, 4.69) is 10.6 Å². The van der Waals surface area contributed by atoms with Gasteiger partial charge in [0.05, 0.1) is 0 Å². The molecule has 2 aromatic rings. The van der Waals surface area contributed by atoms with E-state index in [1.165, 1.54) is 0 Å². The molecule has 0 fully saturated rings. The van der Waals surface area contributed by atoms with Crippen LogP contribution < -0.4 is 24.8 Å². The summed E-state index contributed by atoms with van der Waals surface area (Å²) in [5, 5.41) is 6.12. The molecule has 2 aromatic carbocycles. The maximum atomic E-state index is 12.1. The lowest BCUT2D eigenvalue weighted by molar-refractivity contribution is -0.123. The number of rotatable bonds is 7. The lowest BCUT2D eigenvalue weighted by Gasteiger charge is -2.11. The second kappa shape index (κ2) is 8.84. The highest BCUT2D eigenvalue weighted by Gasteiger charge is 2.16. The van der Waals surface area contributed by atoms with Crippen molar-refractivity contribution >= 4 is 23.4 Å². The molecule has 148 valence electrons. The predicted octanol–water partition coefficient (Wildman–Crippen LogP) is 2.61. The summed E-state index contributed by atoms with van der Waals surface area (Å²) >= 11 is 6.11. The first-order valence-corrected chi connectivity index (χ1v) is 9.16. The van der Waals surface area contributed by atoms with E-state index in [1.54, 1.807) is 30.3 Å². The first kappa shape index (κ1) is 19.8. The number of hydrogen-bond donors (Lipinski definition) is 2. The molecule has 0 saturated heterocycles. The molecule has 0 aliphatic carbocycles. The molecule has 2 N–H and O–H groups in total. The van der Waals surface area contributed by atoms with Gasteiger partial charge >= 0.3 is 0 Å². The Labute approximate surface area is 167 Å². The van der Waals surface area contributed by atoms with Crippen LogP contribution in [0.1, 0.15) is 21.5 Å². The Balaban J connectivity index is 1.38. The third kappa shape index (κ3) is 4.86. The zero-order valence-corrected chi connectivity index (χ0v) is 16.4. The lowest BCUT2D eigenvalue weighted by Crippen LogP contribution is -2.36. The molecule has 0 unspecified atom stereocenters. The van der Waals surface area contributed by atoms with Gasteiger partial charge in [0.15, 0.2) is 18.1 Å². The molecule has 7 nitrogen and oxygen atoms in total. The van der Waals surface area contributed by atoms with Crippen LogP contribution in [0.2, 0.25) is 5.02 Å². The number of halogens is 1. The van der Waals surface area contributed by atoms with Gasteiger partial charge in [-0.2, -0.15) is 0 Å². The molecule has 2 amide bonds. The minimum Gasteiger partial charge on any atom is -0.484 e. The fraction of sp³-hybridized carbons (Fsp3) is 0.300. The van der Waals surface area contributed by atoms with E-state index in [0.29, 0.717) is 27.8 Å². The minimum absolute atomic E-state index is 0.114. The number of hydrogen-bond acceptors (Lipinski definition) is 5. The van der Waals surface area contributed by atoms with Crippen LogP contribution in [0, 0.1) is 13.8 Å². The fourth-order valence-electron chi connectivity index (χ4n) is 2.71. The van der Waals surface area contributed by atoms with E-state index in [4.69, 9.17) is 25.8 Å². The van der Waals surface area contributed by atoms with Crippen LogP contribution >= 0.6 is 11.6 Å². The van der Waals surface area contributed by atoms with Crippen molar-refractivity contribution in [3.05, 3.63) is 52.0 Å². The van der Waals surface area contributed by atoms with E-state index in [9.17, 15) is 9.59 Å². The van der Waals surface area contributed by atoms with Crippen LogP contribution in [0.5, 0.6) is 17.2 Å². The normalized spacial score (nSPS) is 11.8. The summed E-state index contributed by atoms with van der Waals surface area (Å²) in [5.74, 6) is 1.23. The van der Waals surface area contributed by atoms with Crippen molar-refractivity contribution in [3.8, 4) is 17.2 Å². The Hall–Kier alpha value is -2.93. The maximum absolute atomic E-state index is 12.1. The second-order valence-electron chi connectivity index (χ2n) is 6.33. The molecule has 28 heavy (non-hydrogen) atoms. The van der Waals surface area contributed by atoms with E-state index in [-0.39, 0.29) is 38.3 Å². The molecule has 3 rings (SSSR count). The van der Waals surface area contributed by atoms with Gasteiger partial charge in [-0.25, -0.2) is 0 Å². The number of ether oxygens (including phenoxy) is 3. The molecule has 1 aliphatic rings. The largest absolute Gasteiger partial charge is 0.484 e. The van der Waals surface area contributed by atoms with Crippen LogP contribution in [-0.4, -0.2) is 38.3 Å². The first-order valence-electron chi connectivity index (χ1n) is 8.78. The number of nitrogens with one attached hydrogen (secondary N) is 2. The van der Waals surface area contributed by atoms with Crippen molar-refractivity contribution in [2.45, 2.75) is 13.8 Å². The monoisotopic (exact) mass is 404 g/mol. The molecule has 1 heterocycles. The van der Waals surface area contributed by atoms with E-state index >= 15 is 0 Å². The fourth-order valence-corrected chi connectivity index (χ4v) is 2.82. The van der Waals surface area contributed by atoms with Gasteiger partial charge in [0, 0.05) is 23.7 Å². The average molecular weight is 405 g/mol. The van der Waals surface area contributed by atoms with E-state index in [0.717, 1.165) is 11.1 Å². The summed E-state index contributed by atoms with van der Waals surface area (Å²) in [6, 6.07) is 8.55. The van der Waals surface area contributed by atoms with Gasteiger partial charge in [0.25, 0.3) is 11.8 Å². The standard InChI is InChI=1S/C20H21ClN2O5/c1-12-7-15(8-13(2)19(12)21)26-10-18(24)22-5-6-23-20(25)14-3-4-16-17(9-14)28-11-27-16/h3-4,7-9H,5-6,10-11H2,1-2H3,(H,22,24)(H,23,25).